The molecule has 0 aliphatic heterocycles. The van der Waals surface area contributed by atoms with Gasteiger partial charge in [0.2, 0.25) is 0 Å². The minimum atomic E-state index is -0.390. The lowest BCUT2D eigenvalue weighted by Crippen LogP contribution is -1.91. The summed E-state index contributed by atoms with van der Waals surface area (Å²) in [6, 6.07) is 14.5. The van der Waals surface area contributed by atoms with Crippen molar-refractivity contribution in [1.29, 1.82) is 0 Å². The Hall–Kier alpha value is -1.85. The first-order chi connectivity index (χ1) is 9.69. The Morgan fingerprint density at radius 1 is 1.10 bits per heavy atom. The average molecular weight is 289 g/mol. The van der Waals surface area contributed by atoms with Crippen molar-refractivity contribution >= 4 is 17.4 Å². The number of rotatable bonds is 6. The molecule has 0 saturated carbocycles. The molecular weight excluding hydrogens is 274 g/mol. The van der Waals surface area contributed by atoms with Gasteiger partial charge in [-0.1, -0.05) is 24.3 Å². The summed E-state index contributed by atoms with van der Waals surface area (Å²) in [5.74, 6) is 0.896. The first kappa shape index (κ1) is 14.6. The quantitative estimate of drug-likeness (QED) is 0.503. The van der Waals surface area contributed by atoms with E-state index in [-0.39, 0.29) is 17.2 Å². The molecule has 0 spiro atoms. The van der Waals surface area contributed by atoms with Crippen LogP contribution in [-0.2, 0) is 13.0 Å². The summed E-state index contributed by atoms with van der Waals surface area (Å²) in [5, 5.41) is 19.6. The molecule has 2 rings (SSSR count). The molecule has 0 fully saturated rings. The third-order valence-corrected chi connectivity index (χ3v) is 3.88. The minimum Gasteiger partial charge on any atom is -0.392 e. The molecule has 0 atom stereocenters. The monoisotopic (exact) mass is 289 g/mol. The third kappa shape index (κ3) is 4.08. The summed E-state index contributed by atoms with van der Waals surface area (Å²) in [6.45, 7) is 0.0523. The Kier molecular flexibility index (Phi) is 5.15. The smallest absolute Gasteiger partial charge is 0.269 e. The molecule has 0 heterocycles. The van der Waals surface area contributed by atoms with Crippen molar-refractivity contribution in [3.05, 3.63) is 69.8 Å². The number of non-ortho nitro benzene ring substituents is 1. The number of nitrogens with zero attached hydrogens (tertiary/aromatic N) is 1. The molecule has 20 heavy (non-hydrogen) atoms. The normalized spacial score (nSPS) is 10.4. The Morgan fingerprint density at radius 3 is 2.50 bits per heavy atom. The van der Waals surface area contributed by atoms with Crippen molar-refractivity contribution < 1.29 is 10.0 Å². The fourth-order valence-corrected chi connectivity index (χ4v) is 2.79. The number of hydrogen-bond donors (Lipinski definition) is 1. The topological polar surface area (TPSA) is 63.4 Å². The molecule has 0 bridgehead atoms. The van der Waals surface area contributed by atoms with E-state index in [1.807, 2.05) is 24.3 Å². The molecule has 0 radical (unpaired) electrons. The molecule has 0 aromatic heterocycles. The molecule has 4 nitrogen and oxygen atoms in total. The molecule has 0 unspecified atom stereocenters. The van der Waals surface area contributed by atoms with Crippen LogP contribution in [0.25, 0.3) is 0 Å². The number of hydrogen-bond acceptors (Lipinski definition) is 4. The lowest BCUT2D eigenvalue weighted by molar-refractivity contribution is -0.384. The molecule has 0 amide bonds. The van der Waals surface area contributed by atoms with Crippen molar-refractivity contribution in [2.24, 2.45) is 0 Å². The van der Waals surface area contributed by atoms with Crippen LogP contribution in [0.2, 0.25) is 0 Å². The summed E-state index contributed by atoms with van der Waals surface area (Å²) < 4.78 is 0. The molecular formula is C15H15NO3S. The second-order valence-electron chi connectivity index (χ2n) is 4.33. The number of aliphatic hydroxyl groups is 1. The highest BCUT2D eigenvalue weighted by Crippen LogP contribution is 2.21. The lowest BCUT2D eigenvalue weighted by atomic mass is 10.1. The van der Waals surface area contributed by atoms with Gasteiger partial charge < -0.3 is 5.11 Å². The molecule has 0 aliphatic rings. The highest BCUT2D eigenvalue weighted by atomic mass is 32.2. The second-order valence-corrected chi connectivity index (χ2v) is 5.50. The zero-order valence-corrected chi connectivity index (χ0v) is 11.7. The largest absolute Gasteiger partial charge is 0.392 e. The number of benzene rings is 2. The van der Waals surface area contributed by atoms with Gasteiger partial charge in [-0.3, -0.25) is 10.1 Å². The van der Waals surface area contributed by atoms with Gasteiger partial charge in [0.15, 0.2) is 0 Å². The van der Waals surface area contributed by atoms with Crippen LogP contribution in [0.4, 0.5) is 5.69 Å². The van der Waals surface area contributed by atoms with E-state index in [1.54, 1.807) is 23.9 Å². The van der Waals surface area contributed by atoms with Crippen molar-refractivity contribution in [2.75, 3.05) is 5.75 Å². The molecule has 2 aromatic carbocycles. The molecule has 5 heteroatoms. The van der Waals surface area contributed by atoms with Crippen LogP contribution < -0.4 is 0 Å². The van der Waals surface area contributed by atoms with Gasteiger partial charge in [0, 0.05) is 22.8 Å². The standard InChI is InChI=1S/C15H15NO3S/c17-11-13-2-1-3-15(10-13)20-9-8-12-4-6-14(7-5-12)16(18)19/h1-7,10,17H,8-9,11H2. The van der Waals surface area contributed by atoms with Crippen LogP contribution in [0.3, 0.4) is 0 Å². The SMILES string of the molecule is O=[N+]([O-])c1ccc(CCSc2cccc(CO)c2)cc1. The van der Waals surface area contributed by atoms with Gasteiger partial charge >= 0.3 is 0 Å². The van der Waals surface area contributed by atoms with Crippen LogP contribution in [0.15, 0.2) is 53.4 Å². The van der Waals surface area contributed by atoms with Gasteiger partial charge in [0.1, 0.15) is 0 Å². The van der Waals surface area contributed by atoms with Crippen LogP contribution in [0.1, 0.15) is 11.1 Å². The summed E-state index contributed by atoms with van der Waals surface area (Å²) in [4.78, 5) is 11.3. The fourth-order valence-electron chi connectivity index (χ4n) is 1.80. The van der Waals surface area contributed by atoms with Crippen LogP contribution >= 0.6 is 11.8 Å². The van der Waals surface area contributed by atoms with Gasteiger partial charge in [-0.2, -0.15) is 0 Å². The van der Waals surface area contributed by atoms with Gasteiger partial charge in [-0.25, -0.2) is 0 Å². The number of nitro benzene ring substituents is 1. The first-order valence-corrected chi connectivity index (χ1v) is 7.23. The summed E-state index contributed by atoms with van der Waals surface area (Å²) >= 11 is 1.71. The van der Waals surface area contributed by atoms with E-state index >= 15 is 0 Å². The van der Waals surface area contributed by atoms with E-state index in [9.17, 15) is 10.1 Å². The van der Waals surface area contributed by atoms with E-state index in [4.69, 9.17) is 5.11 Å². The average Bonchev–Trinajstić information content (AvgIpc) is 2.48. The number of aliphatic hydroxyl groups excluding tert-OH is 1. The zero-order valence-electron chi connectivity index (χ0n) is 10.9. The predicted molar refractivity (Wildman–Crippen MR) is 79.9 cm³/mol. The Bertz CT molecular complexity index is 584. The van der Waals surface area contributed by atoms with E-state index in [1.165, 1.54) is 12.1 Å². The minimum absolute atomic E-state index is 0.0523. The van der Waals surface area contributed by atoms with E-state index in [0.29, 0.717) is 0 Å². The zero-order chi connectivity index (χ0) is 14.4. The Labute approximate surface area is 121 Å². The maximum atomic E-state index is 10.6. The van der Waals surface area contributed by atoms with Crippen molar-refractivity contribution in [1.82, 2.24) is 0 Å². The Morgan fingerprint density at radius 2 is 1.85 bits per heavy atom. The Balaban J connectivity index is 1.87. The summed E-state index contributed by atoms with van der Waals surface area (Å²) in [6.07, 6.45) is 0.853. The maximum Gasteiger partial charge on any atom is 0.269 e. The molecule has 2 aromatic rings. The van der Waals surface area contributed by atoms with Gasteiger partial charge in [0.05, 0.1) is 11.5 Å². The lowest BCUT2D eigenvalue weighted by Gasteiger charge is -2.04. The first-order valence-electron chi connectivity index (χ1n) is 6.25. The van der Waals surface area contributed by atoms with Crippen LogP contribution in [0, 0.1) is 10.1 Å². The van der Waals surface area contributed by atoms with Gasteiger partial charge in [-0.05, 0) is 29.7 Å². The number of nitro groups is 1. The summed E-state index contributed by atoms with van der Waals surface area (Å²) in [5.41, 5.74) is 2.11. The summed E-state index contributed by atoms with van der Waals surface area (Å²) in [7, 11) is 0. The second kappa shape index (κ2) is 7.07. The van der Waals surface area contributed by atoms with E-state index in [2.05, 4.69) is 0 Å². The van der Waals surface area contributed by atoms with Gasteiger partial charge in [0.25, 0.3) is 5.69 Å². The number of thioether (sulfide) groups is 1. The highest BCUT2D eigenvalue weighted by Gasteiger charge is 2.04. The third-order valence-electron chi connectivity index (χ3n) is 2.89. The van der Waals surface area contributed by atoms with Crippen LogP contribution in [-0.4, -0.2) is 15.8 Å². The van der Waals surface area contributed by atoms with E-state index in [0.717, 1.165) is 28.2 Å². The number of aryl methyl sites for hydroxylation is 1. The van der Waals surface area contributed by atoms with Crippen LogP contribution in [0.5, 0.6) is 0 Å². The van der Waals surface area contributed by atoms with Gasteiger partial charge in [-0.15, -0.1) is 11.8 Å². The van der Waals surface area contributed by atoms with Crippen molar-refractivity contribution in [2.45, 2.75) is 17.9 Å². The molecule has 104 valence electrons. The maximum absolute atomic E-state index is 10.6. The molecule has 0 saturated heterocycles. The fraction of sp³-hybridized carbons (Fsp3) is 0.200. The van der Waals surface area contributed by atoms with Crippen molar-refractivity contribution in [3.63, 3.8) is 0 Å². The van der Waals surface area contributed by atoms with E-state index < -0.39 is 0 Å². The molecule has 1 N–H and O–H groups in total. The van der Waals surface area contributed by atoms with Crippen molar-refractivity contribution in [3.8, 4) is 0 Å². The molecule has 0 aliphatic carbocycles. The highest BCUT2D eigenvalue weighted by molar-refractivity contribution is 7.99. The predicted octanol–water partition coefficient (Wildman–Crippen LogP) is 3.42.